The zero-order valence-electron chi connectivity index (χ0n) is 10.4. The summed E-state index contributed by atoms with van der Waals surface area (Å²) < 4.78 is 0.867. The maximum Gasteiger partial charge on any atom is 0.100 e. The summed E-state index contributed by atoms with van der Waals surface area (Å²) in [7, 11) is 0. The van der Waals surface area contributed by atoms with E-state index in [9.17, 15) is 0 Å². The molecule has 1 saturated carbocycles. The van der Waals surface area contributed by atoms with Gasteiger partial charge in [-0.3, -0.25) is 0 Å². The van der Waals surface area contributed by atoms with Gasteiger partial charge in [0, 0.05) is 21.5 Å². The molecule has 0 saturated heterocycles. The lowest BCUT2D eigenvalue weighted by Gasteiger charge is -2.31. The van der Waals surface area contributed by atoms with Crippen LogP contribution in [-0.4, -0.2) is 17.5 Å². The predicted octanol–water partition coefficient (Wildman–Crippen LogP) is 4.41. The third kappa shape index (κ3) is 3.21. The number of nitrogens with zero attached hydrogens (tertiary/aromatic N) is 1. The van der Waals surface area contributed by atoms with Gasteiger partial charge in [-0.15, -0.1) is 0 Å². The van der Waals surface area contributed by atoms with E-state index in [0.717, 1.165) is 10.2 Å². The molecule has 0 radical (unpaired) electrons. The molecule has 18 heavy (non-hydrogen) atoms. The van der Waals surface area contributed by atoms with Crippen LogP contribution in [-0.2, 0) is 0 Å². The molecule has 0 bridgehead atoms. The molecule has 1 N–H and O–H groups in total. The van der Waals surface area contributed by atoms with Crippen molar-refractivity contribution in [2.24, 2.45) is 0 Å². The van der Waals surface area contributed by atoms with Crippen LogP contribution in [0.15, 0.2) is 22.7 Å². The zero-order valence-corrected chi connectivity index (χ0v) is 12.9. The highest BCUT2D eigenvalue weighted by Crippen LogP contribution is 2.30. The molecule has 0 spiro atoms. The van der Waals surface area contributed by atoms with Gasteiger partial charge in [-0.25, -0.2) is 0 Å². The Balaban J connectivity index is 2.08. The first-order valence-corrected chi connectivity index (χ1v) is 8.31. The van der Waals surface area contributed by atoms with E-state index in [1.165, 1.54) is 25.7 Å². The number of nitriles is 1. The first-order chi connectivity index (χ1) is 8.74. The van der Waals surface area contributed by atoms with Crippen LogP contribution in [0, 0.1) is 11.3 Å². The summed E-state index contributed by atoms with van der Waals surface area (Å²) in [5, 5.41) is 13.2. The fraction of sp³-hybridized carbons (Fsp3) is 0.500. The molecule has 1 aliphatic rings. The lowest BCUT2D eigenvalue weighted by atomic mass is 9.94. The molecule has 2 nitrogen and oxygen atoms in total. The molecule has 0 aliphatic heterocycles. The predicted molar refractivity (Wildman–Crippen MR) is 82.0 cm³/mol. The molecule has 0 aromatic heterocycles. The van der Waals surface area contributed by atoms with E-state index in [1.54, 1.807) is 0 Å². The van der Waals surface area contributed by atoms with E-state index >= 15 is 0 Å². The highest BCUT2D eigenvalue weighted by Gasteiger charge is 2.24. The van der Waals surface area contributed by atoms with Crippen molar-refractivity contribution in [2.75, 3.05) is 11.6 Å². The van der Waals surface area contributed by atoms with Crippen LogP contribution in [0.3, 0.4) is 0 Å². The number of nitrogens with one attached hydrogen (secondary N) is 1. The number of rotatable bonds is 3. The molecule has 1 aromatic carbocycles. The Kier molecular flexibility index (Phi) is 4.96. The minimum Gasteiger partial charge on any atom is -0.381 e. The molecule has 2 rings (SSSR count). The zero-order chi connectivity index (χ0) is 13.0. The summed E-state index contributed by atoms with van der Waals surface area (Å²) in [6, 6.07) is 8.58. The smallest absolute Gasteiger partial charge is 0.100 e. The second-order valence-electron chi connectivity index (χ2n) is 4.62. The van der Waals surface area contributed by atoms with Gasteiger partial charge < -0.3 is 5.32 Å². The number of halogens is 1. The molecule has 1 aromatic rings. The first-order valence-electron chi connectivity index (χ1n) is 6.23. The maximum atomic E-state index is 8.91. The molecular weight excluding hydrogens is 308 g/mol. The van der Waals surface area contributed by atoms with Gasteiger partial charge in [-0.05, 0) is 53.2 Å². The Labute approximate surface area is 121 Å². The molecule has 4 heteroatoms. The van der Waals surface area contributed by atoms with E-state index in [4.69, 9.17) is 5.26 Å². The van der Waals surface area contributed by atoms with Crippen LogP contribution in [0.2, 0.25) is 0 Å². The number of hydrogen-bond donors (Lipinski definition) is 1. The number of anilines is 1. The van der Waals surface area contributed by atoms with Gasteiger partial charge in [0.25, 0.3) is 0 Å². The van der Waals surface area contributed by atoms with Gasteiger partial charge in [-0.2, -0.15) is 17.0 Å². The fourth-order valence-electron chi connectivity index (χ4n) is 2.45. The van der Waals surface area contributed by atoms with E-state index in [0.29, 0.717) is 16.9 Å². The second kappa shape index (κ2) is 6.49. The highest BCUT2D eigenvalue weighted by atomic mass is 79.9. The summed E-state index contributed by atoms with van der Waals surface area (Å²) in [5.41, 5.74) is 1.79. The Morgan fingerprint density at radius 3 is 2.83 bits per heavy atom. The largest absolute Gasteiger partial charge is 0.381 e. The third-order valence-electron chi connectivity index (χ3n) is 3.45. The third-order valence-corrected chi connectivity index (χ3v) is 5.27. The quantitative estimate of drug-likeness (QED) is 0.894. The number of benzene rings is 1. The Bertz CT molecular complexity index is 456. The minimum atomic E-state index is 0.550. The van der Waals surface area contributed by atoms with E-state index in [2.05, 4.69) is 33.6 Å². The average Bonchev–Trinajstić information content (AvgIpc) is 2.39. The number of hydrogen-bond acceptors (Lipinski definition) is 3. The minimum absolute atomic E-state index is 0.550. The molecule has 1 fully saturated rings. The lowest BCUT2D eigenvalue weighted by Crippen LogP contribution is -2.34. The standard InChI is InChI=1S/C14H17BrN2S/c1-18-14-5-3-2-4-13(14)17-11-7-6-10(9-16)12(15)8-11/h6-8,13-14,17H,2-5H2,1H3. The Hall–Kier alpha value is -0.660. The average molecular weight is 325 g/mol. The molecule has 96 valence electrons. The van der Waals surface area contributed by atoms with Gasteiger partial charge in [0.2, 0.25) is 0 Å². The van der Waals surface area contributed by atoms with Crippen molar-refractivity contribution in [2.45, 2.75) is 37.0 Å². The van der Waals surface area contributed by atoms with Crippen LogP contribution < -0.4 is 5.32 Å². The summed E-state index contributed by atoms with van der Waals surface area (Å²) in [5.74, 6) is 0. The van der Waals surface area contributed by atoms with Gasteiger partial charge in [0.05, 0.1) is 5.56 Å². The Morgan fingerprint density at radius 1 is 1.39 bits per heavy atom. The summed E-state index contributed by atoms with van der Waals surface area (Å²) in [4.78, 5) is 0. The normalized spacial score (nSPS) is 23.4. The van der Waals surface area contributed by atoms with Gasteiger partial charge >= 0.3 is 0 Å². The van der Waals surface area contributed by atoms with Crippen LogP contribution in [0.5, 0.6) is 0 Å². The second-order valence-corrected chi connectivity index (χ2v) is 6.55. The van der Waals surface area contributed by atoms with Crippen LogP contribution in [0.4, 0.5) is 5.69 Å². The summed E-state index contributed by atoms with van der Waals surface area (Å²) >= 11 is 5.39. The SMILES string of the molecule is CSC1CCCCC1Nc1ccc(C#N)c(Br)c1. The van der Waals surface area contributed by atoms with Crippen LogP contribution in [0.25, 0.3) is 0 Å². The van der Waals surface area contributed by atoms with Crippen molar-refractivity contribution in [3.05, 3.63) is 28.2 Å². The molecule has 2 atom stereocenters. The monoisotopic (exact) mass is 324 g/mol. The van der Waals surface area contributed by atoms with Crippen molar-refractivity contribution in [1.29, 1.82) is 5.26 Å². The van der Waals surface area contributed by atoms with Crippen LogP contribution >= 0.6 is 27.7 Å². The van der Waals surface area contributed by atoms with Crippen molar-refractivity contribution in [1.82, 2.24) is 0 Å². The summed E-state index contributed by atoms with van der Waals surface area (Å²) in [6.45, 7) is 0. The Morgan fingerprint density at radius 2 is 2.17 bits per heavy atom. The van der Waals surface area contributed by atoms with Gasteiger partial charge in [0.15, 0.2) is 0 Å². The summed E-state index contributed by atoms with van der Waals surface area (Å²) in [6.07, 6.45) is 7.39. The first kappa shape index (κ1) is 13.8. The lowest BCUT2D eigenvalue weighted by molar-refractivity contribution is 0.475. The molecule has 1 aliphatic carbocycles. The molecule has 2 unspecified atom stereocenters. The molecular formula is C14H17BrN2S. The highest BCUT2D eigenvalue weighted by molar-refractivity contribution is 9.10. The topological polar surface area (TPSA) is 35.8 Å². The van der Waals surface area contributed by atoms with Crippen molar-refractivity contribution in [3.8, 4) is 6.07 Å². The van der Waals surface area contributed by atoms with Crippen molar-refractivity contribution in [3.63, 3.8) is 0 Å². The van der Waals surface area contributed by atoms with Crippen molar-refractivity contribution < 1.29 is 0 Å². The fourth-order valence-corrected chi connectivity index (χ4v) is 3.86. The van der Waals surface area contributed by atoms with E-state index in [1.807, 2.05) is 30.0 Å². The molecule has 0 heterocycles. The van der Waals surface area contributed by atoms with Gasteiger partial charge in [-0.1, -0.05) is 12.8 Å². The van der Waals surface area contributed by atoms with E-state index in [-0.39, 0.29) is 0 Å². The number of thioether (sulfide) groups is 1. The van der Waals surface area contributed by atoms with Crippen LogP contribution in [0.1, 0.15) is 31.2 Å². The maximum absolute atomic E-state index is 8.91. The van der Waals surface area contributed by atoms with Gasteiger partial charge in [0.1, 0.15) is 6.07 Å². The van der Waals surface area contributed by atoms with Crippen molar-refractivity contribution >= 4 is 33.4 Å². The molecule has 0 amide bonds. The van der Waals surface area contributed by atoms with E-state index < -0.39 is 0 Å².